The minimum absolute atomic E-state index is 0.0278. The Morgan fingerprint density at radius 2 is 1.95 bits per heavy atom. The summed E-state index contributed by atoms with van der Waals surface area (Å²) in [4.78, 5) is 26.1. The van der Waals surface area contributed by atoms with Gasteiger partial charge in [0.05, 0.1) is 7.11 Å². The first-order valence-electron chi connectivity index (χ1n) is 7.07. The molecule has 0 bridgehead atoms. The van der Waals surface area contributed by atoms with Crippen molar-refractivity contribution in [3.05, 3.63) is 0 Å². The topological polar surface area (TPSA) is 92.3 Å². The maximum atomic E-state index is 12.0. The molecule has 1 aromatic heterocycles. The highest BCUT2D eigenvalue weighted by Crippen LogP contribution is 2.12. The number of hydrogen-bond donors (Lipinski definition) is 2. The van der Waals surface area contributed by atoms with Crippen LogP contribution in [0.4, 0.5) is 11.9 Å². The van der Waals surface area contributed by atoms with E-state index in [1.165, 1.54) is 7.11 Å². The molecule has 8 nitrogen and oxygen atoms in total. The molecule has 1 atom stereocenters. The Balaban J connectivity index is 2.83. The van der Waals surface area contributed by atoms with Crippen molar-refractivity contribution in [1.82, 2.24) is 19.9 Å². The maximum absolute atomic E-state index is 12.0. The number of likely N-dealkylation sites (N-methyl/N-ethyl adjacent to an activating group) is 1. The van der Waals surface area contributed by atoms with Gasteiger partial charge in [-0.3, -0.25) is 4.79 Å². The third-order valence-corrected chi connectivity index (χ3v) is 2.90. The van der Waals surface area contributed by atoms with Crippen LogP contribution in [0.1, 0.15) is 27.2 Å². The normalized spacial score (nSPS) is 11.7. The van der Waals surface area contributed by atoms with Crippen LogP contribution < -0.4 is 15.4 Å². The molecule has 118 valence electrons. The number of anilines is 2. The summed E-state index contributed by atoms with van der Waals surface area (Å²) in [5, 5.41) is 6.04. The second-order valence-corrected chi connectivity index (χ2v) is 4.61. The Kier molecular flexibility index (Phi) is 6.64. The van der Waals surface area contributed by atoms with Crippen molar-refractivity contribution in [2.24, 2.45) is 0 Å². The monoisotopic (exact) mass is 296 g/mol. The van der Waals surface area contributed by atoms with Crippen molar-refractivity contribution in [2.75, 3.05) is 37.9 Å². The molecule has 0 spiro atoms. The fraction of sp³-hybridized carbons (Fsp3) is 0.692. The number of rotatable bonds is 8. The average molecular weight is 296 g/mol. The fourth-order valence-corrected chi connectivity index (χ4v) is 1.57. The standard InChI is InChI=1S/C13H24N6O2/c1-6-8-14-11-16-12(18-13(17-11)21-5)15-9(3)10(20)19(4)7-2/h9H,6-8H2,1-5H3,(H2,14,15,16,17,18). The van der Waals surface area contributed by atoms with E-state index in [2.05, 4.69) is 25.6 Å². The van der Waals surface area contributed by atoms with Crippen LogP contribution in [0.5, 0.6) is 6.01 Å². The molecular formula is C13H24N6O2. The van der Waals surface area contributed by atoms with Crippen molar-refractivity contribution in [3.8, 4) is 6.01 Å². The number of methoxy groups -OCH3 is 1. The van der Waals surface area contributed by atoms with E-state index in [-0.39, 0.29) is 11.9 Å². The van der Waals surface area contributed by atoms with Crippen LogP contribution in [0, 0.1) is 0 Å². The Labute approximate surface area is 125 Å². The molecule has 0 radical (unpaired) electrons. The molecule has 0 aliphatic rings. The van der Waals surface area contributed by atoms with Gasteiger partial charge in [0, 0.05) is 20.1 Å². The average Bonchev–Trinajstić information content (AvgIpc) is 2.50. The Hall–Kier alpha value is -2.12. The highest BCUT2D eigenvalue weighted by atomic mass is 16.5. The van der Waals surface area contributed by atoms with E-state index in [9.17, 15) is 4.79 Å². The molecule has 1 unspecified atom stereocenters. The zero-order valence-corrected chi connectivity index (χ0v) is 13.3. The quantitative estimate of drug-likeness (QED) is 0.738. The van der Waals surface area contributed by atoms with Crippen LogP contribution in [-0.4, -0.2) is 59.0 Å². The summed E-state index contributed by atoms with van der Waals surface area (Å²) >= 11 is 0. The molecule has 0 saturated heterocycles. The molecule has 1 heterocycles. The fourth-order valence-electron chi connectivity index (χ4n) is 1.57. The van der Waals surface area contributed by atoms with Crippen LogP contribution in [-0.2, 0) is 4.79 Å². The van der Waals surface area contributed by atoms with E-state index in [1.807, 2.05) is 13.8 Å². The van der Waals surface area contributed by atoms with Gasteiger partial charge in [0.2, 0.25) is 17.8 Å². The third kappa shape index (κ3) is 5.05. The number of carbonyl (C=O) groups is 1. The lowest BCUT2D eigenvalue weighted by Crippen LogP contribution is -2.39. The molecule has 0 aromatic carbocycles. The first-order chi connectivity index (χ1) is 10.0. The smallest absolute Gasteiger partial charge is 0.322 e. The molecule has 1 aromatic rings. The highest BCUT2D eigenvalue weighted by Gasteiger charge is 2.18. The summed E-state index contributed by atoms with van der Waals surface area (Å²) in [7, 11) is 3.24. The number of nitrogens with one attached hydrogen (secondary N) is 2. The van der Waals surface area contributed by atoms with Crippen LogP contribution in [0.2, 0.25) is 0 Å². The Bertz CT molecular complexity index is 468. The Morgan fingerprint density at radius 1 is 1.29 bits per heavy atom. The van der Waals surface area contributed by atoms with Crippen LogP contribution in [0.25, 0.3) is 0 Å². The second-order valence-electron chi connectivity index (χ2n) is 4.61. The molecule has 0 fully saturated rings. The number of nitrogens with zero attached hydrogens (tertiary/aromatic N) is 4. The zero-order chi connectivity index (χ0) is 15.8. The van der Waals surface area contributed by atoms with Crippen LogP contribution >= 0.6 is 0 Å². The third-order valence-electron chi connectivity index (χ3n) is 2.90. The number of aromatic nitrogens is 3. The first kappa shape index (κ1) is 16.9. The van der Waals surface area contributed by atoms with Gasteiger partial charge < -0.3 is 20.3 Å². The molecule has 0 aliphatic carbocycles. The van der Waals surface area contributed by atoms with Gasteiger partial charge in [-0.05, 0) is 20.3 Å². The van der Waals surface area contributed by atoms with Crippen molar-refractivity contribution in [1.29, 1.82) is 0 Å². The number of carbonyl (C=O) groups excluding carboxylic acids is 1. The summed E-state index contributed by atoms with van der Waals surface area (Å²) in [6.45, 7) is 7.13. The van der Waals surface area contributed by atoms with Gasteiger partial charge in [-0.15, -0.1) is 0 Å². The van der Waals surface area contributed by atoms with Crippen molar-refractivity contribution in [2.45, 2.75) is 33.2 Å². The molecule has 0 saturated carbocycles. The summed E-state index contributed by atoms with van der Waals surface area (Å²) in [6.07, 6.45) is 0.951. The van der Waals surface area contributed by atoms with Crippen LogP contribution in [0.15, 0.2) is 0 Å². The van der Waals surface area contributed by atoms with Gasteiger partial charge in [0.15, 0.2) is 0 Å². The summed E-state index contributed by atoms with van der Waals surface area (Å²) in [5.41, 5.74) is 0. The van der Waals surface area contributed by atoms with E-state index >= 15 is 0 Å². The second kappa shape index (κ2) is 8.23. The van der Waals surface area contributed by atoms with E-state index < -0.39 is 6.04 Å². The predicted octanol–water partition coefficient (Wildman–Crippen LogP) is 0.981. The summed E-state index contributed by atoms with van der Waals surface area (Å²) in [5.74, 6) is 0.709. The van der Waals surface area contributed by atoms with Gasteiger partial charge in [0.25, 0.3) is 0 Å². The van der Waals surface area contributed by atoms with Gasteiger partial charge in [0.1, 0.15) is 6.04 Å². The minimum Gasteiger partial charge on any atom is -0.467 e. The van der Waals surface area contributed by atoms with Crippen molar-refractivity contribution < 1.29 is 9.53 Å². The lowest BCUT2D eigenvalue weighted by atomic mass is 10.3. The molecular weight excluding hydrogens is 272 g/mol. The number of amides is 1. The Morgan fingerprint density at radius 3 is 2.52 bits per heavy atom. The lowest BCUT2D eigenvalue weighted by Gasteiger charge is -2.20. The van der Waals surface area contributed by atoms with E-state index in [4.69, 9.17) is 4.74 Å². The van der Waals surface area contributed by atoms with Crippen molar-refractivity contribution >= 4 is 17.8 Å². The minimum atomic E-state index is -0.430. The highest BCUT2D eigenvalue weighted by molar-refractivity contribution is 5.83. The van der Waals surface area contributed by atoms with E-state index in [0.717, 1.165) is 13.0 Å². The van der Waals surface area contributed by atoms with Gasteiger partial charge in [-0.2, -0.15) is 15.0 Å². The molecule has 1 amide bonds. The van der Waals surface area contributed by atoms with Gasteiger partial charge >= 0.3 is 6.01 Å². The largest absolute Gasteiger partial charge is 0.467 e. The van der Waals surface area contributed by atoms with Crippen molar-refractivity contribution in [3.63, 3.8) is 0 Å². The number of hydrogen-bond acceptors (Lipinski definition) is 7. The SMILES string of the molecule is CCCNc1nc(NC(C)C(=O)N(C)CC)nc(OC)n1. The lowest BCUT2D eigenvalue weighted by molar-refractivity contribution is -0.130. The summed E-state index contributed by atoms with van der Waals surface area (Å²) in [6, 6.07) is -0.226. The van der Waals surface area contributed by atoms with Gasteiger partial charge in [-0.1, -0.05) is 6.92 Å². The van der Waals surface area contributed by atoms with Crippen LogP contribution in [0.3, 0.4) is 0 Å². The molecule has 8 heteroatoms. The zero-order valence-electron chi connectivity index (χ0n) is 13.3. The molecule has 0 aliphatic heterocycles. The number of ether oxygens (including phenoxy) is 1. The van der Waals surface area contributed by atoms with Gasteiger partial charge in [-0.25, -0.2) is 0 Å². The molecule has 1 rings (SSSR count). The van der Waals surface area contributed by atoms with E-state index in [1.54, 1.807) is 18.9 Å². The first-order valence-corrected chi connectivity index (χ1v) is 7.07. The maximum Gasteiger partial charge on any atom is 0.322 e. The molecule has 2 N–H and O–H groups in total. The van der Waals surface area contributed by atoms with E-state index in [0.29, 0.717) is 18.4 Å². The molecule has 21 heavy (non-hydrogen) atoms. The summed E-state index contributed by atoms with van der Waals surface area (Å²) < 4.78 is 5.05. The predicted molar refractivity (Wildman–Crippen MR) is 81.6 cm³/mol.